The Morgan fingerprint density at radius 2 is 2.00 bits per heavy atom. The van der Waals surface area contributed by atoms with Gasteiger partial charge in [-0.15, -0.1) is 0 Å². The molecule has 1 amide bonds. The van der Waals surface area contributed by atoms with Crippen LogP contribution in [0.2, 0.25) is 5.02 Å². The van der Waals surface area contributed by atoms with Crippen molar-refractivity contribution in [3.63, 3.8) is 0 Å². The number of carbonyl (C=O) groups is 2. The number of aliphatic carboxylic acids is 1. The Hall–Kier alpha value is -2.34. The van der Waals surface area contributed by atoms with Gasteiger partial charge >= 0.3 is 5.97 Å². The summed E-state index contributed by atoms with van der Waals surface area (Å²) in [6, 6.07) is 8.59. The van der Waals surface area contributed by atoms with Crippen molar-refractivity contribution in [1.82, 2.24) is 15.5 Å². The Balaban J connectivity index is 2.19. The molecule has 0 fully saturated rings. The van der Waals surface area contributed by atoms with Crippen molar-refractivity contribution in [3.8, 4) is 11.3 Å². The number of aromatic nitrogens is 2. The fraction of sp³-hybridized carbons (Fsp3) is 0.267. The van der Waals surface area contributed by atoms with Gasteiger partial charge in [0.25, 0.3) is 5.91 Å². The van der Waals surface area contributed by atoms with Crippen LogP contribution in [0.4, 0.5) is 0 Å². The molecule has 0 aliphatic carbocycles. The van der Waals surface area contributed by atoms with Crippen LogP contribution in [0, 0.1) is 0 Å². The standard InChI is InChI=1S/C15H16ClN3O3/c1-3-15(2,14(21)22)17-13(20)12-8-11(18-19-12)9-4-6-10(16)7-5-9/h4-8H,3H2,1-2H3,(H,17,20)(H,18,19)(H,21,22). The highest BCUT2D eigenvalue weighted by Gasteiger charge is 2.33. The molecule has 0 radical (unpaired) electrons. The minimum Gasteiger partial charge on any atom is -0.480 e. The number of nitrogens with one attached hydrogen (secondary N) is 2. The summed E-state index contributed by atoms with van der Waals surface area (Å²) in [6.45, 7) is 3.16. The maximum absolute atomic E-state index is 12.2. The number of aromatic amines is 1. The van der Waals surface area contributed by atoms with E-state index in [0.29, 0.717) is 10.7 Å². The molecule has 0 spiro atoms. The van der Waals surface area contributed by atoms with Gasteiger partial charge in [0.2, 0.25) is 0 Å². The molecular formula is C15H16ClN3O3. The predicted molar refractivity (Wildman–Crippen MR) is 82.8 cm³/mol. The monoisotopic (exact) mass is 321 g/mol. The SMILES string of the molecule is CCC(C)(NC(=O)c1cc(-c2ccc(Cl)cc2)n[nH]1)C(=O)O. The average molecular weight is 322 g/mol. The van der Waals surface area contributed by atoms with Gasteiger partial charge < -0.3 is 10.4 Å². The van der Waals surface area contributed by atoms with Gasteiger partial charge in [-0.2, -0.15) is 5.10 Å². The van der Waals surface area contributed by atoms with Crippen molar-refractivity contribution in [2.45, 2.75) is 25.8 Å². The summed E-state index contributed by atoms with van der Waals surface area (Å²) in [7, 11) is 0. The zero-order valence-corrected chi connectivity index (χ0v) is 12.9. The lowest BCUT2D eigenvalue weighted by molar-refractivity contribution is -0.143. The lowest BCUT2D eigenvalue weighted by Gasteiger charge is -2.23. The quantitative estimate of drug-likeness (QED) is 0.789. The van der Waals surface area contributed by atoms with Gasteiger partial charge in [0, 0.05) is 10.6 Å². The fourth-order valence-electron chi connectivity index (χ4n) is 1.82. The molecule has 1 aromatic carbocycles. The number of carboxylic acids is 1. The molecule has 2 rings (SSSR count). The third-order valence-electron chi connectivity index (χ3n) is 3.53. The van der Waals surface area contributed by atoms with Gasteiger partial charge in [-0.1, -0.05) is 30.7 Å². The smallest absolute Gasteiger partial charge is 0.329 e. The second-order valence-corrected chi connectivity index (χ2v) is 5.56. The van der Waals surface area contributed by atoms with E-state index in [1.807, 2.05) is 0 Å². The minimum atomic E-state index is -1.32. The summed E-state index contributed by atoms with van der Waals surface area (Å²) < 4.78 is 0. The van der Waals surface area contributed by atoms with Crippen molar-refractivity contribution in [3.05, 3.63) is 41.0 Å². The van der Waals surface area contributed by atoms with Gasteiger partial charge in [-0.05, 0) is 31.5 Å². The number of carbonyl (C=O) groups excluding carboxylic acids is 1. The topological polar surface area (TPSA) is 95.1 Å². The zero-order chi connectivity index (χ0) is 16.3. The molecule has 2 aromatic rings. The Bertz CT molecular complexity index is 696. The molecule has 0 bridgehead atoms. The number of carboxylic acid groups (broad SMARTS) is 1. The summed E-state index contributed by atoms with van der Waals surface area (Å²) in [5, 5.41) is 19.0. The summed E-state index contributed by atoms with van der Waals surface area (Å²) in [4.78, 5) is 23.4. The van der Waals surface area contributed by atoms with E-state index in [-0.39, 0.29) is 12.1 Å². The lowest BCUT2D eigenvalue weighted by atomic mass is 9.99. The van der Waals surface area contributed by atoms with E-state index in [0.717, 1.165) is 5.56 Å². The summed E-state index contributed by atoms with van der Waals surface area (Å²) in [5.74, 6) is -1.60. The van der Waals surface area contributed by atoms with E-state index in [1.54, 1.807) is 37.3 Å². The summed E-state index contributed by atoms with van der Waals surface area (Å²) in [6.07, 6.45) is 0.270. The molecule has 3 N–H and O–H groups in total. The molecule has 6 nitrogen and oxygen atoms in total. The van der Waals surface area contributed by atoms with Crippen LogP contribution in [0.15, 0.2) is 30.3 Å². The van der Waals surface area contributed by atoms with Crippen LogP contribution in [-0.2, 0) is 4.79 Å². The molecule has 7 heteroatoms. The van der Waals surface area contributed by atoms with Crippen LogP contribution in [0.1, 0.15) is 30.8 Å². The van der Waals surface area contributed by atoms with Crippen molar-refractivity contribution in [2.24, 2.45) is 0 Å². The van der Waals surface area contributed by atoms with Crippen molar-refractivity contribution < 1.29 is 14.7 Å². The molecule has 0 saturated carbocycles. The lowest BCUT2D eigenvalue weighted by Crippen LogP contribution is -2.51. The van der Waals surface area contributed by atoms with Crippen molar-refractivity contribution in [1.29, 1.82) is 0 Å². The van der Waals surface area contributed by atoms with Crippen LogP contribution in [0.5, 0.6) is 0 Å². The summed E-state index contributed by atoms with van der Waals surface area (Å²) in [5.41, 5.74) is 0.264. The molecule has 22 heavy (non-hydrogen) atoms. The van der Waals surface area contributed by atoms with Gasteiger partial charge in [0.05, 0.1) is 5.69 Å². The number of rotatable bonds is 5. The van der Waals surface area contributed by atoms with Crippen LogP contribution in [0.3, 0.4) is 0 Å². The first kappa shape index (κ1) is 16.0. The molecule has 0 saturated heterocycles. The van der Waals surface area contributed by atoms with Gasteiger partial charge in [-0.3, -0.25) is 9.89 Å². The average Bonchev–Trinajstić information content (AvgIpc) is 2.97. The van der Waals surface area contributed by atoms with E-state index in [2.05, 4.69) is 15.5 Å². The first-order valence-corrected chi connectivity index (χ1v) is 7.11. The van der Waals surface area contributed by atoms with E-state index >= 15 is 0 Å². The van der Waals surface area contributed by atoms with Crippen LogP contribution >= 0.6 is 11.6 Å². The Labute approximate surface area is 132 Å². The minimum absolute atomic E-state index is 0.200. The first-order valence-electron chi connectivity index (χ1n) is 6.73. The van der Waals surface area contributed by atoms with Crippen LogP contribution in [-0.4, -0.2) is 32.7 Å². The highest BCUT2D eigenvalue weighted by Crippen LogP contribution is 2.20. The molecule has 1 aromatic heterocycles. The first-order chi connectivity index (χ1) is 10.4. The zero-order valence-electron chi connectivity index (χ0n) is 12.2. The van der Waals surface area contributed by atoms with Crippen LogP contribution < -0.4 is 5.32 Å². The Morgan fingerprint density at radius 3 is 2.55 bits per heavy atom. The molecule has 0 aliphatic rings. The number of halogens is 1. The third kappa shape index (κ3) is 3.28. The highest BCUT2D eigenvalue weighted by molar-refractivity contribution is 6.30. The number of benzene rings is 1. The fourth-order valence-corrected chi connectivity index (χ4v) is 1.94. The molecular weight excluding hydrogens is 306 g/mol. The Morgan fingerprint density at radius 1 is 1.36 bits per heavy atom. The number of hydrogen-bond donors (Lipinski definition) is 3. The molecule has 1 heterocycles. The number of H-pyrrole nitrogens is 1. The highest BCUT2D eigenvalue weighted by atomic mass is 35.5. The molecule has 0 aliphatic heterocycles. The third-order valence-corrected chi connectivity index (χ3v) is 3.78. The van der Waals surface area contributed by atoms with Gasteiger partial charge in [0.15, 0.2) is 0 Å². The number of amides is 1. The normalized spacial score (nSPS) is 13.4. The number of hydrogen-bond acceptors (Lipinski definition) is 3. The van der Waals surface area contributed by atoms with E-state index < -0.39 is 17.4 Å². The predicted octanol–water partition coefficient (Wildman–Crippen LogP) is 2.71. The second-order valence-electron chi connectivity index (χ2n) is 5.12. The van der Waals surface area contributed by atoms with E-state index in [1.165, 1.54) is 6.92 Å². The van der Waals surface area contributed by atoms with E-state index in [9.17, 15) is 14.7 Å². The summed E-state index contributed by atoms with van der Waals surface area (Å²) >= 11 is 5.83. The largest absolute Gasteiger partial charge is 0.480 e. The van der Waals surface area contributed by atoms with Crippen LogP contribution in [0.25, 0.3) is 11.3 Å². The van der Waals surface area contributed by atoms with Gasteiger partial charge in [-0.25, -0.2) is 4.79 Å². The molecule has 1 unspecified atom stereocenters. The Kier molecular flexibility index (Phi) is 4.51. The van der Waals surface area contributed by atoms with Gasteiger partial charge in [0.1, 0.15) is 11.2 Å². The molecule has 1 atom stereocenters. The van der Waals surface area contributed by atoms with Crippen molar-refractivity contribution >= 4 is 23.5 Å². The van der Waals surface area contributed by atoms with E-state index in [4.69, 9.17) is 11.6 Å². The maximum atomic E-state index is 12.2. The molecule has 116 valence electrons. The van der Waals surface area contributed by atoms with Crippen molar-refractivity contribution in [2.75, 3.05) is 0 Å². The maximum Gasteiger partial charge on any atom is 0.329 e. The second kappa shape index (κ2) is 6.19. The number of nitrogens with zero attached hydrogens (tertiary/aromatic N) is 1.